The van der Waals surface area contributed by atoms with Gasteiger partial charge in [0, 0.05) is 25.5 Å². The third-order valence-corrected chi connectivity index (χ3v) is 4.54. The molecule has 1 aliphatic carbocycles. The summed E-state index contributed by atoms with van der Waals surface area (Å²) < 4.78 is 5.33. The first-order chi connectivity index (χ1) is 10.2. The quantitative estimate of drug-likeness (QED) is 0.573. The molecule has 0 amide bonds. The van der Waals surface area contributed by atoms with Crippen LogP contribution in [0.3, 0.4) is 0 Å². The van der Waals surface area contributed by atoms with Crippen LogP contribution in [0.4, 0.5) is 5.82 Å². The summed E-state index contributed by atoms with van der Waals surface area (Å²) >= 11 is 6.35. The molecule has 3 N–H and O–H groups in total. The molecular formula is C14H19ClN4O2. The van der Waals surface area contributed by atoms with E-state index in [4.69, 9.17) is 21.7 Å². The van der Waals surface area contributed by atoms with Gasteiger partial charge in [-0.25, -0.2) is 4.98 Å². The number of halogens is 1. The van der Waals surface area contributed by atoms with Gasteiger partial charge in [0.15, 0.2) is 0 Å². The molecular weight excluding hydrogens is 292 g/mol. The first-order valence-corrected chi connectivity index (χ1v) is 7.75. The van der Waals surface area contributed by atoms with Gasteiger partial charge in [-0.1, -0.05) is 0 Å². The number of hydrogen-bond donors (Lipinski definition) is 3. The second-order valence-corrected chi connectivity index (χ2v) is 6.10. The maximum Gasteiger partial charge on any atom is 0.261 e. The van der Waals surface area contributed by atoms with Crippen LogP contribution in [0.2, 0.25) is 0 Å². The summed E-state index contributed by atoms with van der Waals surface area (Å²) in [5.74, 6) is 1.36. The molecule has 2 fully saturated rings. The lowest BCUT2D eigenvalue weighted by Crippen LogP contribution is -2.31. The van der Waals surface area contributed by atoms with Gasteiger partial charge in [0.1, 0.15) is 11.6 Å². The van der Waals surface area contributed by atoms with Gasteiger partial charge in [0.2, 0.25) is 0 Å². The van der Waals surface area contributed by atoms with Crippen LogP contribution in [0.15, 0.2) is 4.79 Å². The maximum atomic E-state index is 12.1. The molecule has 0 bridgehead atoms. The van der Waals surface area contributed by atoms with Crippen molar-refractivity contribution in [2.24, 2.45) is 5.92 Å². The number of aromatic amines is 1. The van der Waals surface area contributed by atoms with Crippen LogP contribution in [0.25, 0.3) is 0 Å². The van der Waals surface area contributed by atoms with Gasteiger partial charge in [-0.3, -0.25) is 4.79 Å². The van der Waals surface area contributed by atoms with Crippen molar-refractivity contribution in [2.75, 3.05) is 18.5 Å². The Labute approximate surface area is 127 Å². The van der Waals surface area contributed by atoms with E-state index < -0.39 is 0 Å². The lowest BCUT2D eigenvalue weighted by Gasteiger charge is -2.24. The van der Waals surface area contributed by atoms with Crippen LogP contribution in [0, 0.1) is 11.3 Å². The molecule has 0 aromatic carbocycles. The number of alkyl halides is 1. The molecule has 21 heavy (non-hydrogen) atoms. The molecule has 114 valence electrons. The Bertz CT molecular complexity index is 579. The van der Waals surface area contributed by atoms with Gasteiger partial charge >= 0.3 is 0 Å². The summed E-state index contributed by atoms with van der Waals surface area (Å²) in [6, 6.07) is 0.217. The monoisotopic (exact) mass is 310 g/mol. The third kappa shape index (κ3) is 3.27. The first-order valence-electron chi connectivity index (χ1n) is 7.32. The molecule has 6 nitrogen and oxygen atoms in total. The first kappa shape index (κ1) is 14.5. The molecule has 1 unspecified atom stereocenters. The van der Waals surface area contributed by atoms with E-state index in [-0.39, 0.29) is 22.5 Å². The number of anilines is 1. The summed E-state index contributed by atoms with van der Waals surface area (Å²) in [5.41, 5.74) is -0.0548. The van der Waals surface area contributed by atoms with Crippen molar-refractivity contribution >= 4 is 23.6 Å². The topological polar surface area (TPSA) is 90.9 Å². The van der Waals surface area contributed by atoms with E-state index in [2.05, 4.69) is 15.3 Å². The van der Waals surface area contributed by atoms with Gasteiger partial charge in [0.05, 0.1) is 10.9 Å². The van der Waals surface area contributed by atoms with E-state index in [0.29, 0.717) is 30.8 Å². The summed E-state index contributed by atoms with van der Waals surface area (Å²) in [5, 5.41) is 10.5. The zero-order chi connectivity index (χ0) is 14.8. The molecule has 7 heteroatoms. The van der Waals surface area contributed by atoms with Crippen LogP contribution >= 0.6 is 11.6 Å². The number of nitrogens with one attached hydrogen (secondary N) is 3. The van der Waals surface area contributed by atoms with Gasteiger partial charge in [0.25, 0.3) is 5.56 Å². The highest BCUT2D eigenvalue weighted by atomic mass is 35.5. The number of aromatic nitrogens is 2. The Morgan fingerprint density at radius 3 is 2.71 bits per heavy atom. The van der Waals surface area contributed by atoms with Gasteiger partial charge in [-0.2, -0.15) is 0 Å². The van der Waals surface area contributed by atoms with E-state index >= 15 is 0 Å². The molecule has 1 aromatic rings. The smallest absolute Gasteiger partial charge is 0.261 e. The third-order valence-electron chi connectivity index (χ3n) is 3.98. The van der Waals surface area contributed by atoms with E-state index in [1.807, 2.05) is 0 Å². The highest BCUT2D eigenvalue weighted by Gasteiger charge is 2.33. The van der Waals surface area contributed by atoms with Crippen molar-refractivity contribution in [1.29, 1.82) is 5.41 Å². The Morgan fingerprint density at radius 2 is 2.10 bits per heavy atom. The average Bonchev–Trinajstić information content (AvgIpc) is 3.32. The van der Waals surface area contributed by atoms with Gasteiger partial charge in [-0.05, 0) is 31.6 Å². The summed E-state index contributed by atoms with van der Waals surface area (Å²) in [6.45, 7) is 1.40. The highest BCUT2D eigenvalue weighted by molar-refractivity contribution is 6.20. The molecule has 2 heterocycles. The second kappa shape index (κ2) is 6.15. The normalized spacial score (nSPS) is 21.0. The van der Waals surface area contributed by atoms with Crippen molar-refractivity contribution in [3.8, 4) is 0 Å². The zero-order valence-corrected chi connectivity index (χ0v) is 12.4. The predicted octanol–water partition coefficient (Wildman–Crippen LogP) is 2.05. The van der Waals surface area contributed by atoms with Crippen molar-refractivity contribution in [2.45, 2.75) is 37.1 Å². The molecule has 1 saturated carbocycles. The Hall–Kier alpha value is -1.40. The largest absolute Gasteiger partial charge is 0.381 e. The van der Waals surface area contributed by atoms with Crippen LogP contribution in [0.5, 0.6) is 0 Å². The molecule has 0 spiro atoms. The molecule has 0 radical (unpaired) electrons. The van der Waals surface area contributed by atoms with Gasteiger partial charge < -0.3 is 20.4 Å². The minimum absolute atomic E-state index is 0.217. The maximum absolute atomic E-state index is 12.1. The Kier molecular flexibility index (Phi) is 4.26. The molecule has 3 rings (SSSR count). The SMILES string of the molecule is N=Cc1c(NC2CCOCC2)nc(C(Cl)C2CC2)[nH]c1=O. The Morgan fingerprint density at radius 1 is 1.38 bits per heavy atom. The van der Waals surface area contributed by atoms with E-state index in [0.717, 1.165) is 31.9 Å². The summed E-state index contributed by atoms with van der Waals surface area (Å²) in [6.07, 6.45) is 4.93. The number of H-pyrrole nitrogens is 1. The highest BCUT2D eigenvalue weighted by Crippen LogP contribution is 2.43. The minimum Gasteiger partial charge on any atom is -0.381 e. The van der Waals surface area contributed by atoms with E-state index in [1.54, 1.807) is 0 Å². The summed E-state index contributed by atoms with van der Waals surface area (Å²) in [4.78, 5) is 19.3. The standard InChI is InChI=1S/C14H19ClN4O2/c15-11(8-1-2-8)13-18-12(10(7-16)14(20)19-13)17-9-3-5-21-6-4-9/h7-9,11,16H,1-6H2,(H2,17,18,19,20). The fourth-order valence-electron chi connectivity index (χ4n) is 2.52. The lowest BCUT2D eigenvalue weighted by atomic mass is 10.1. The van der Waals surface area contributed by atoms with Crippen LogP contribution < -0.4 is 10.9 Å². The van der Waals surface area contributed by atoms with Crippen LogP contribution in [0.1, 0.15) is 42.4 Å². The van der Waals surface area contributed by atoms with Crippen molar-refractivity contribution < 1.29 is 4.74 Å². The molecule has 1 atom stereocenters. The predicted molar refractivity (Wildman–Crippen MR) is 81.5 cm³/mol. The number of hydrogen-bond acceptors (Lipinski definition) is 5. The fourth-order valence-corrected chi connectivity index (χ4v) is 2.88. The molecule has 1 saturated heterocycles. The zero-order valence-electron chi connectivity index (χ0n) is 11.7. The second-order valence-electron chi connectivity index (χ2n) is 5.63. The van der Waals surface area contributed by atoms with Crippen LogP contribution in [-0.2, 0) is 4.74 Å². The van der Waals surface area contributed by atoms with Crippen molar-refractivity contribution in [3.05, 3.63) is 21.7 Å². The van der Waals surface area contributed by atoms with Crippen molar-refractivity contribution in [1.82, 2.24) is 9.97 Å². The minimum atomic E-state index is -0.309. The number of ether oxygens (including phenoxy) is 1. The molecule has 2 aliphatic rings. The van der Waals surface area contributed by atoms with E-state index in [9.17, 15) is 4.79 Å². The van der Waals surface area contributed by atoms with Crippen LogP contribution in [-0.4, -0.2) is 35.4 Å². The summed E-state index contributed by atoms with van der Waals surface area (Å²) in [7, 11) is 0. The molecule has 1 aliphatic heterocycles. The fraction of sp³-hybridized carbons (Fsp3) is 0.643. The Balaban J connectivity index is 1.88. The average molecular weight is 311 g/mol. The number of rotatable bonds is 5. The van der Waals surface area contributed by atoms with E-state index in [1.165, 1.54) is 0 Å². The number of nitrogens with zero attached hydrogens (tertiary/aromatic N) is 1. The molecule has 1 aromatic heterocycles. The van der Waals surface area contributed by atoms with Crippen molar-refractivity contribution in [3.63, 3.8) is 0 Å². The van der Waals surface area contributed by atoms with Gasteiger partial charge in [-0.15, -0.1) is 11.6 Å². The lowest BCUT2D eigenvalue weighted by molar-refractivity contribution is 0.0904.